The second-order valence-electron chi connectivity index (χ2n) is 7.09. The summed E-state index contributed by atoms with van der Waals surface area (Å²) in [6, 6.07) is 7.84. The third-order valence-corrected chi connectivity index (χ3v) is 5.44. The average Bonchev–Trinajstić information content (AvgIpc) is 3.09. The number of hydrogen-bond acceptors (Lipinski definition) is 3. The Morgan fingerprint density at radius 2 is 2.25 bits per heavy atom. The molecule has 24 heavy (non-hydrogen) atoms. The number of carbonyl (C=O) groups is 2. The topological polar surface area (TPSA) is 66.8 Å². The van der Waals surface area contributed by atoms with Crippen molar-refractivity contribution in [3.63, 3.8) is 0 Å². The molecule has 1 aliphatic heterocycles. The van der Waals surface area contributed by atoms with E-state index >= 15 is 0 Å². The number of hydrogen-bond donors (Lipinski definition) is 1. The minimum absolute atomic E-state index is 0.0536. The summed E-state index contributed by atoms with van der Waals surface area (Å²) in [5.74, 6) is 0.270. The van der Waals surface area contributed by atoms with E-state index in [4.69, 9.17) is 4.74 Å². The minimum atomic E-state index is -0.733. The summed E-state index contributed by atoms with van der Waals surface area (Å²) in [4.78, 5) is 25.8. The Balaban J connectivity index is 1.45. The van der Waals surface area contributed by atoms with Crippen molar-refractivity contribution in [2.45, 2.75) is 39.0 Å². The van der Waals surface area contributed by atoms with Crippen LogP contribution in [0.25, 0.3) is 0 Å². The van der Waals surface area contributed by atoms with Crippen LogP contribution < -0.4 is 4.74 Å². The van der Waals surface area contributed by atoms with E-state index in [1.807, 2.05) is 31.2 Å². The summed E-state index contributed by atoms with van der Waals surface area (Å²) in [5, 5.41) is 9.58. The van der Waals surface area contributed by atoms with Crippen LogP contribution in [0.15, 0.2) is 24.3 Å². The molecule has 0 unspecified atom stereocenters. The predicted molar refractivity (Wildman–Crippen MR) is 89.9 cm³/mol. The third kappa shape index (κ3) is 3.25. The van der Waals surface area contributed by atoms with E-state index in [0.717, 1.165) is 24.2 Å². The first-order valence-corrected chi connectivity index (χ1v) is 8.72. The second kappa shape index (κ2) is 6.83. The molecule has 1 amide bonds. The highest BCUT2D eigenvalue weighted by Crippen LogP contribution is 2.48. The number of likely N-dealkylation sites (tertiary alicyclic amines) is 1. The van der Waals surface area contributed by atoms with Gasteiger partial charge < -0.3 is 14.7 Å². The molecule has 0 bridgehead atoms. The van der Waals surface area contributed by atoms with Gasteiger partial charge in [0, 0.05) is 19.5 Å². The van der Waals surface area contributed by atoms with Crippen LogP contribution in [0, 0.1) is 18.3 Å². The lowest BCUT2D eigenvalue weighted by molar-refractivity contribution is -0.149. The number of ether oxygens (including phenoxy) is 1. The van der Waals surface area contributed by atoms with Gasteiger partial charge in [0.05, 0.1) is 12.0 Å². The van der Waals surface area contributed by atoms with Gasteiger partial charge in [-0.05, 0) is 49.8 Å². The Morgan fingerprint density at radius 3 is 2.96 bits per heavy atom. The Morgan fingerprint density at radius 1 is 1.42 bits per heavy atom. The van der Waals surface area contributed by atoms with Crippen LogP contribution in [-0.4, -0.2) is 41.6 Å². The molecule has 3 rings (SSSR count). The molecule has 2 atom stereocenters. The maximum absolute atomic E-state index is 12.4. The van der Waals surface area contributed by atoms with Crippen LogP contribution in [0.4, 0.5) is 0 Å². The fraction of sp³-hybridized carbons (Fsp3) is 0.579. The van der Waals surface area contributed by atoms with Crippen molar-refractivity contribution in [1.82, 2.24) is 4.90 Å². The van der Waals surface area contributed by atoms with Gasteiger partial charge in [0.1, 0.15) is 5.75 Å². The lowest BCUT2D eigenvalue weighted by Crippen LogP contribution is -2.37. The van der Waals surface area contributed by atoms with Gasteiger partial charge in [-0.3, -0.25) is 9.59 Å². The van der Waals surface area contributed by atoms with Gasteiger partial charge in [-0.1, -0.05) is 18.6 Å². The van der Waals surface area contributed by atoms with Crippen molar-refractivity contribution in [3.8, 4) is 5.75 Å². The fourth-order valence-corrected chi connectivity index (χ4v) is 4.11. The van der Waals surface area contributed by atoms with Crippen LogP contribution in [0.2, 0.25) is 0 Å². The zero-order chi connectivity index (χ0) is 17.2. The summed E-state index contributed by atoms with van der Waals surface area (Å²) in [6.07, 6.45) is 3.64. The van der Waals surface area contributed by atoms with Crippen LogP contribution in [0.5, 0.6) is 5.75 Å². The number of fused-ring (bicyclic) bond motifs is 1. The van der Waals surface area contributed by atoms with Gasteiger partial charge in [-0.2, -0.15) is 0 Å². The summed E-state index contributed by atoms with van der Waals surface area (Å²) in [5.41, 5.74) is 0.458. The normalized spacial score (nSPS) is 25.5. The summed E-state index contributed by atoms with van der Waals surface area (Å²) in [7, 11) is 0. The van der Waals surface area contributed by atoms with Crippen molar-refractivity contribution in [1.29, 1.82) is 0 Å². The largest absolute Gasteiger partial charge is 0.494 e. The molecule has 2 aliphatic rings. The number of nitrogens with zero attached hydrogens (tertiary/aromatic N) is 1. The zero-order valence-electron chi connectivity index (χ0n) is 14.2. The van der Waals surface area contributed by atoms with E-state index < -0.39 is 11.4 Å². The molecule has 1 saturated heterocycles. The quantitative estimate of drug-likeness (QED) is 0.814. The highest BCUT2D eigenvalue weighted by Gasteiger charge is 2.55. The van der Waals surface area contributed by atoms with Crippen LogP contribution in [0.1, 0.15) is 37.7 Å². The number of carboxylic acids is 1. The molecule has 0 spiro atoms. The SMILES string of the molecule is Cc1cccc(OCCCC(=O)N2C[C@@H]3CCC[C@@]3(C(=O)O)C2)c1. The summed E-state index contributed by atoms with van der Waals surface area (Å²) in [6.45, 7) is 3.49. The number of amides is 1. The summed E-state index contributed by atoms with van der Waals surface area (Å²) < 4.78 is 5.67. The minimum Gasteiger partial charge on any atom is -0.494 e. The smallest absolute Gasteiger partial charge is 0.311 e. The molecule has 1 heterocycles. The maximum Gasteiger partial charge on any atom is 0.311 e. The van der Waals surface area contributed by atoms with Gasteiger partial charge in [-0.25, -0.2) is 0 Å². The monoisotopic (exact) mass is 331 g/mol. The van der Waals surface area contributed by atoms with E-state index in [2.05, 4.69) is 0 Å². The van der Waals surface area contributed by atoms with Crippen LogP contribution >= 0.6 is 0 Å². The zero-order valence-corrected chi connectivity index (χ0v) is 14.2. The second-order valence-corrected chi connectivity index (χ2v) is 7.09. The van der Waals surface area contributed by atoms with E-state index in [-0.39, 0.29) is 11.8 Å². The van der Waals surface area contributed by atoms with E-state index in [0.29, 0.717) is 39.0 Å². The van der Waals surface area contributed by atoms with Gasteiger partial charge in [-0.15, -0.1) is 0 Å². The Hall–Kier alpha value is -2.04. The number of carboxylic acid groups (broad SMARTS) is 1. The molecule has 5 heteroatoms. The number of benzene rings is 1. The van der Waals surface area contributed by atoms with Crippen LogP contribution in [0.3, 0.4) is 0 Å². The van der Waals surface area contributed by atoms with Gasteiger partial charge in [0.2, 0.25) is 5.91 Å². The Bertz CT molecular complexity index is 630. The van der Waals surface area contributed by atoms with Gasteiger partial charge >= 0.3 is 5.97 Å². The van der Waals surface area contributed by atoms with Gasteiger partial charge in [0.25, 0.3) is 0 Å². The third-order valence-electron chi connectivity index (χ3n) is 5.44. The van der Waals surface area contributed by atoms with E-state index in [1.54, 1.807) is 4.90 Å². The lowest BCUT2D eigenvalue weighted by Gasteiger charge is -2.23. The van der Waals surface area contributed by atoms with Crippen LogP contribution in [-0.2, 0) is 9.59 Å². The van der Waals surface area contributed by atoms with Crippen molar-refractivity contribution in [3.05, 3.63) is 29.8 Å². The molecule has 1 N–H and O–H groups in total. The first kappa shape index (κ1) is 16.8. The average molecular weight is 331 g/mol. The highest BCUT2D eigenvalue weighted by atomic mass is 16.5. The Labute approximate surface area is 142 Å². The number of carbonyl (C=O) groups excluding carboxylic acids is 1. The van der Waals surface area contributed by atoms with Crippen molar-refractivity contribution >= 4 is 11.9 Å². The number of aliphatic carboxylic acids is 1. The molecule has 2 fully saturated rings. The standard InChI is InChI=1S/C19H25NO4/c1-14-5-2-7-16(11-14)24-10-4-8-17(21)20-12-15-6-3-9-19(15,13-20)18(22)23/h2,5,7,11,15H,3-4,6,8-10,12-13H2,1H3,(H,22,23)/t15-,19+/m0/s1. The lowest BCUT2D eigenvalue weighted by atomic mass is 9.81. The molecule has 0 aromatic heterocycles. The molecule has 1 saturated carbocycles. The first-order chi connectivity index (χ1) is 11.5. The van der Waals surface area contributed by atoms with Crippen molar-refractivity contribution in [2.24, 2.45) is 11.3 Å². The highest BCUT2D eigenvalue weighted by molar-refractivity contribution is 5.81. The number of aryl methyl sites for hydroxylation is 1. The summed E-state index contributed by atoms with van der Waals surface area (Å²) >= 11 is 0. The number of rotatable bonds is 6. The van der Waals surface area contributed by atoms with E-state index in [1.165, 1.54) is 0 Å². The molecular formula is C19H25NO4. The van der Waals surface area contributed by atoms with Crippen molar-refractivity contribution < 1.29 is 19.4 Å². The molecule has 5 nitrogen and oxygen atoms in total. The van der Waals surface area contributed by atoms with Crippen molar-refractivity contribution in [2.75, 3.05) is 19.7 Å². The molecule has 1 aliphatic carbocycles. The predicted octanol–water partition coefficient (Wildman–Crippen LogP) is 2.87. The molecule has 130 valence electrons. The first-order valence-electron chi connectivity index (χ1n) is 8.72. The molecule has 1 aromatic rings. The van der Waals surface area contributed by atoms with E-state index in [9.17, 15) is 14.7 Å². The molecule has 0 radical (unpaired) electrons. The molecule has 1 aromatic carbocycles. The maximum atomic E-state index is 12.4. The fourth-order valence-electron chi connectivity index (χ4n) is 4.11. The Kier molecular flexibility index (Phi) is 4.78. The van der Waals surface area contributed by atoms with Gasteiger partial charge in [0.15, 0.2) is 0 Å². The molecular weight excluding hydrogens is 306 g/mol.